The minimum Gasteiger partial charge on any atom is -0.207 e. The SMILES string of the molecule is O=S(=O)(NCc1cccc(C(F)(F)F)c1F)c1ccc(Cl)c(Cl)c1. The number of halogens is 6. The monoisotopic (exact) mass is 401 g/mol. The zero-order valence-electron chi connectivity index (χ0n) is 11.7. The highest BCUT2D eigenvalue weighted by Gasteiger charge is 2.34. The Morgan fingerprint density at radius 1 is 1.04 bits per heavy atom. The van der Waals surface area contributed by atoms with Crippen LogP contribution in [0, 0.1) is 5.82 Å². The first-order chi connectivity index (χ1) is 11.0. The van der Waals surface area contributed by atoms with Gasteiger partial charge >= 0.3 is 6.18 Å². The smallest absolute Gasteiger partial charge is 0.207 e. The van der Waals surface area contributed by atoms with Gasteiger partial charge in [-0.3, -0.25) is 0 Å². The average molecular weight is 402 g/mol. The van der Waals surface area contributed by atoms with Gasteiger partial charge < -0.3 is 0 Å². The maximum Gasteiger partial charge on any atom is 0.419 e. The molecule has 2 aromatic rings. The van der Waals surface area contributed by atoms with E-state index in [2.05, 4.69) is 0 Å². The van der Waals surface area contributed by atoms with Crippen molar-refractivity contribution in [3.05, 3.63) is 63.4 Å². The molecule has 0 aliphatic rings. The quantitative estimate of drug-likeness (QED) is 0.759. The lowest BCUT2D eigenvalue weighted by atomic mass is 10.1. The zero-order chi connectivity index (χ0) is 18.1. The number of rotatable bonds is 4. The van der Waals surface area contributed by atoms with Gasteiger partial charge in [0.25, 0.3) is 0 Å². The number of nitrogens with one attached hydrogen (secondary N) is 1. The van der Waals surface area contributed by atoms with E-state index < -0.39 is 39.7 Å². The van der Waals surface area contributed by atoms with E-state index in [0.717, 1.165) is 18.2 Å². The van der Waals surface area contributed by atoms with E-state index in [1.54, 1.807) is 0 Å². The molecule has 0 bridgehead atoms. The van der Waals surface area contributed by atoms with Crippen molar-refractivity contribution < 1.29 is 26.0 Å². The molecule has 0 radical (unpaired) electrons. The molecule has 0 aliphatic heterocycles. The van der Waals surface area contributed by atoms with Crippen molar-refractivity contribution >= 4 is 33.2 Å². The first-order valence-electron chi connectivity index (χ1n) is 6.31. The predicted octanol–water partition coefficient (Wildman–Crippen LogP) is 4.63. The highest BCUT2D eigenvalue weighted by Crippen LogP contribution is 2.32. The molecule has 0 saturated carbocycles. The Balaban J connectivity index is 2.26. The van der Waals surface area contributed by atoms with Crippen LogP contribution in [0.4, 0.5) is 17.6 Å². The van der Waals surface area contributed by atoms with Gasteiger partial charge in [-0.05, 0) is 24.3 Å². The molecule has 1 N–H and O–H groups in total. The molecule has 0 amide bonds. The minimum absolute atomic E-state index is 0.00945. The van der Waals surface area contributed by atoms with Gasteiger partial charge in [-0.15, -0.1) is 0 Å². The third kappa shape index (κ3) is 4.18. The van der Waals surface area contributed by atoms with Gasteiger partial charge in [0.1, 0.15) is 5.82 Å². The molecule has 0 aliphatic carbocycles. The lowest BCUT2D eigenvalue weighted by Gasteiger charge is -2.12. The summed E-state index contributed by atoms with van der Waals surface area (Å²) < 4.78 is 78.0. The van der Waals surface area contributed by atoms with Crippen LogP contribution in [0.1, 0.15) is 11.1 Å². The number of alkyl halides is 3. The van der Waals surface area contributed by atoms with Crippen LogP contribution in [-0.4, -0.2) is 8.42 Å². The Kier molecular flexibility index (Phi) is 5.44. The second kappa shape index (κ2) is 6.87. The second-order valence-corrected chi connectivity index (χ2v) is 7.26. The van der Waals surface area contributed by atoms with Crippen molar-refractivity contribution in [2.45, 2.75) is 17.6 Å². The molecule has 10 heteroatoms. The largest absolute Gasteiger partial charge is 0.419 e. The van der Waals surface area contributed by atoms with E-state index in [0.29, 0.717) is 6.07 Å². The first kappa shape index (κ1) is 19.0. The summed E-state index contributed by atoms with van der Waals surface area (Å²) in [6, 6.07) is 6.12. The highest BCUT2D eigenvalue weighted by molar-refractivity contribution is 7.89. The van der Waals surface area contributed by atoms with Crippen LogP contribution in [-0.2, 0) is 22.7 Å². The van der Waals surface area contributed by atoms with Crippen LogP contribution in [0.2, 0.25) is 10.0 Å². The Bertz CT molecular complexity index is 870. The van der Waals surface area contributed by atoms with Crippen LogP contribution < -0.4 is 4.72 Å². The number of hydrogen-bond donors (Lipinski definition) is 1. The molecule has 2 rings (SSSR count). The molecule has 0 spiro atoms. The van der Waals surface area contributed by atoms with Crippen molar-refractivity contribution in [2.75, 3.05) is 0 Å². The standard InChI is InChI=1S/C14H9Cl2F4NO2S/c15-11-5-4-9(6-12(11)16)24(22,23)21-7-8-2-1-3-10(13(8)17)14(18,19)20/h1-6,21H,7H2. The topological polar surface area (TPSA) is 46.2 Å². The fraction of sp³-hybridized carbons (Fsp3) is 0.143. The van der Waals surface area contributed by atoms with Gasteiger partial charge in [-0.2, -0.15) is 13.2 Å². The Morgan fingerprint density at radius 3 is 2.29 bits per heavy atom. The summed E-state index contributed by atoms with van der Waals surface area (Å²) in [4.78, 5) is -0.246. The molecule has 130 valence electrons. The van der Waals surface area contributed by atoms with Crippen LogP contribution in [0.15, 0.2) is 41.3 Å². The normalized spacial score (nSPS) is 12.4. The van der Waals surface area contributed by atoms with Crippen molar-refractivity contribution in [2.24, 2.45) is 0 Å². The molecule has 0 heterocycles. The lowest BCUT2D eigenvalue weighted by molar-refractivity contribution is -0.140. The van der Waals surface area contributed by atoms with E-state index >= 15 is 0 Å². The van der Waals surface area contributed by atoms with Crippen LogP contribution >= 0.6 is 23.2 Å². The van der Waals surface area contributed by atoms with Crippen molar-refractivity contribution in [3.8, 4) is 0 Å². The second-order valence-electron chi connectivity index (χ2n) is 4.68. The van der Waals surface area contributed by atoms with Crippen LogP contribution in [0.25, 0.3) is 0 Å². The summed E-state index contributed by atoms with van der Waals surface area (Å²) in [5.41, 5.74) is -1.90. The van der Waals surface area contributed by atoms with Gasteiger partial charge in [0, 0.05) is 12.1 Å². The Labute approximate surface area is 145 Å². The fourth-order valence-corrected chi connectivity index (χ4v) is 3.23. The van der Waals surface area contributed by atoms with Crippen molar-refractivity contribution in [1.82, 2.24) is 4.72 Å². The van der Waals surface area contributed by atoms with Crippen molar-refractivity contribution in [3.63, 3.8) is 0 Å². The average Bonchev–Trinajstić information content (AvgIpc) is 2.47. The Morgan fingerprint density at radius 2 is 1.71 bits per heavy atom. The molecule has 3 nitrogen and oxygen atoms in total. The molecular formula is C14H9Cl2F4NO2S. The third-order valence-electron chi connectivity index (χ3n) is 3.04. The van der Waals surface area contributed by atoms with Gasteiger partial charge in [0.2, 0.25) is 10.0 Å². The Hall–Kier alpha value is -1.35. The molecule has 0 aromatic heterocycles. The molecule has 0 unspecified atom stereocenters. The minimum atomic E-state index is -4.87. The lowest BCUT2D eigenvalue weighted by Crippen LogP contribution is -2.24. The van der Waals surface area contributed by atoms with Crippen LogP contribution in [0.3, 0.4) is 0 Å². The van der Waals surface area contributed by atoms with Gasteiger partial charge in [0.05, 0.1) is 20.5 Å². The fourth-order valence-electron chi connectivity index (χ4n) is 1.84. The maximum absolute atomic E-state index is 13.9. The summed E-state index contributed by atoms with van der Waals surface area (Å²) in [7, 11) is -4.10. The van der Waals surface area contributed by atoms with Gasteiger partial charge in [-0.25, -0.2) is 17.5 Å². The summed E-state index contributed by atoms with van der Waals surface area (Å²) in [5, 5.41) is 0.129. The van der Waals surface area contributed by atoms with E-state index in [9.17, 15) is 26.0 Å². The third-order valence-corrected chi connectivity index (χ3v) is 5.18. The molecule has 0 fully saturated rings. The van der Waals surface area contributed by atoms with Gasteiger partial charge in [0.15, 0.2) is 0 Å². The van der Waals surface area contributed by atoms with Crippen molar-refractivity contribution in [1.29, 1.82) is 0 Å². The summed E-state index contributed by atoms with van der Waals surface area (Å²) in [5.74, 6) is -1.53. The maximum atomic E-state index is 13.9. The van der Waals surface area contributed by atoms with E-state index in [1.807, 2.05) is 4.72 Å². The van der Waals surface area contributed by atoms with E-state index in [-0.39, 0.29) is 14.9 Å². The summed E-state index contributed by atoms with van der Waals surface area (Å²) in [6.07, 6.45) is -4.87. The zero-order valence-corrected chi connectivity index (χ0v) is 14.0. The summed E-state index contributed by atoms with van der Waals surface area (Å²) in [6.45, 7) is -0.654. The van der Waals surface area contributed by atoms with E-state index in [1.165, 1.54) is 12.1 Å². The number of hydrogen-bond acceptors (Lipinski definition) is 2. The number of sulfonamides is 1. The van der Waals surface area contributed by atoms with Crippen LogP contribution in [0.5, 0.6) is 0 Å². The molecule has 0 atom stereocenters. The van der Waals surface area contributed by atoms with E-state index in [4.69, 9.17) is 23.2 Å². The molecule has 24 heavy (non-hydrogen) atoms. The number of benzene rings is 2. The predicted molar refractivity (Wildman–Crippen MR) is 81.9 cm³/mol. The van der Waals surface area contributed by atoms with Gasteiger partial charge in [-0.1, -0.05) is 35.3 Å². The first-order valence-corrected chi connectivity index (χ1v) is 8.55. The molecular weight excluding hydrogens is 393 g/mol. The molecule has 2 aromatic carbocycles. The highest BCUT2D eigenvalue weighted by atomic mass is 35.5. The summed E-state index contributed by atoms with van der Waals surface area (Å²) >= 11 is 11.4. The molecule has 0 saturated heterocycles.